The van der Waals surface area contributed by atoms with Crippen LogP contribution in [-0.4, -0.2) is 62.6 Å². The molecule has 0 rings (SSSR count). The second-order valence-corrected chi connectivity index (χ2v) is 0.276. The van der Waals surface area contributed by atoms with Gasteiger partial charge in [-0.3, -0.25) is 4.79 Å². The number of carbonyl (C=O) groups is 1. The molecule has 0 spiro atoms. The van der Waals surface area contributed by atoms with Gasteiger partial charge in [-0.05, 0) is 0 Å². The standard InChI is InChI=1S/CH2O3.CO2.6CH4.2Al.2Na.3H2O.O.H/c2-1-4-3;2-1-3;;;;;;;;;;;;;;;/h1,3H;;6*1H4;;;;;3*1H2;;/q;;;;;;;;;;2*+1;;;;;-1/p-1. The second kappa shape index (κ2) is 439. The Morgan fingerprint density at radius 2 is 0.905 bits per heavy atom. The molecule has 0 bridgehead atoms. The van der Waals surface area contributed by atoms with E-state index >= 15 is 0 Å². The van der Waals surface area contributed by atoms with Gasteiger partial charge in [0, 0.05) is 17.4 Å². The zero-order valence-electron chi connectivity index (χ0n) is 9.18. The molecule has 0 aliphatic carbocycles. The molecular weight excluding hydrogens is 340 g/mol. The van der Waals surface area contributed by atoms with Gasteiger partial charge in [0.25, 0.3) is 6.47 Å². The molecule has 0 amide bonds. The molecule has 0 heterocycles. The van der Waals surface area contributed by atoms with Crippen LogP contribution in [0.3, 0.4) is 0 Å². The van der Waals surface area contributed by atoms with E-state index in [1.807, 2.05) is 0 Å². The molecule has 126 valence electrons. The molecule has 0 atom stereocenters. The zero-order valence-corrected chi connectivity index (χ0v) is 14.5. The molecule has 0 aromatic carbocycles. The minimum absolute atomic E-state index is 0. The van der Waals surface area contributed by atoms with Crippen LogP contribution in [0.1, 0.15) is 46.0 Å². The van der Waals surface area contributed by atoms with Crippen molar-refractivity contribution in [1.29, 1.82) is 0 Å². The van der Waals surface area contributed by atoms with E-state index in [1.54, 1.807) is 0 Å². The van der Waals surface area contributed by atoms with E-state index in [9.17, 15) is 0 Å². The van der Waals surface area contributed by atoms with Gasteiger partial charge >= 0.3 is 85.3 Å². The van der Waals surface area contributed by atoms with Gasteiger partial charge in [0.2, 0.25) is 0 Å². The summed E-state index contributed by atoms with van der Waals surface area (Å²) in [6.07, 6.45) is 0.250. The van der Waals surface area contributed by atoms with Gasteiger partial charge in [-0.1, -0.05) is 44.6 Å². The zero-order chi connectivity index (χ0) is 8.12. The van der Waals surface area contributed by atoms with Crippen molar-refractivity contribution in [2.45, 2.75) is 44.6 Å². The normalized spacial score (nSPS) is 1.52. The van der Waals surface area contributed by atoms with E-state index in [0.717, 1.165) is 0 Å². The summed E-state index contributed by atoms with van der Waals surface area (Å²) < 4.78 is 8.17. The molecule has 0 saturated carbocycles. The maximum absolute atomic E-state index is 8.64. The quantitative estimate of drug-likeness (QED) is 0.190. The van der Waals surface area contributed by atoms with Gasteiger partial charge < -0.3 is 28.0 Å². The Balaban J connectivity index is -0.00000000138. The van der Waals surface area contributed by atoms with Gasteiger partial charge in [-0.2, -0.15) is 9.59 Å². The van der Waals surface area contributed by atoms with Crippen LogP contribution >= 0.6 is 0 Å². The Morgan fingerprint density at radius 3 is 0.905 bits per heavy atom. The molecule has 0 unspecified atom stereocenters. The molecule has 9 nitrogen and oxygen atoms in total. The van der Waals surface area contributed by atoms with E-state index < -0.39 is 0 Å². The molecule has 0 aliphatic rings. The molecule has 6 N–H and O–H groups in total. The number of carbonyl (C=O) groups excluding carboxylic acids is 3. The van der Waals surface area contributed by atoms with Crippen LogP contribution in [0.4, 0.5) is 0 Å². The first-order valence-electron chi connectivity index (χ1n) is 1.28. The summed E-state index contributed by atoms with van der Waals surface area (Å²) in [6, 6.07) is 0. The van der Waals surface area contributed by atoms with Crippen LogP contribution < -0.4 is 64.4 Å². The first-order chi connectivity index (χ1) is 4.33. The van der Waals surface area contributed by atoms with Gasteiger partial charge in [0.05, 0.1) is 0 Å². The second-order valence-electron chi connectivity index (χ2n) is 0.276. The fourth-order valence-corrected chi connectivity index (χ4v) is 0. The molecule has 21 heavy (non-hydrogen) atoms. The van der Waals surface area contributed by atoms with Crippen LogP contribution in [-0.2, 0) is 23.1 Å². The molecule has 0 aliphatic heterocycles. The van der Waals surface area contributed by atoms with Crippen LogP contribution in [0.15, 0.2) is 0 Å². The van der Waals surface area contributed by atoms with Crippen molar-refractivity contribution in [1.82, 2.24) is 0 Å². The summed E-state index contributed by atoms with van der Waals surface area (Å²) in [5, 5.41) is 8.43. The summed E-state index contributed by atoms with van der Waals surface area (Å²) in [7, 11) is 0. The van der Waals surface area contributed by atoms with Gasteiger partial charge in [-0.25, -0.2) is 0 Å². The summed E-state index contributed by atoms with van der Waals surface area (Å²) in [4.78, 5) is 27.5. The summed E-state index contributed by atoms with van der Waals surface area (Å²) in [5.41, 5.74) is 0. The Labute approximate surface area is 194 Å². The van der Waals surface area contributed by atoms with Crippen molar-refractivity contribution in [3.8, 4) is 0 Å². The first kappa shape index (κ1) is 184. The predicted octanol–water partition coefficient (Wildman–Crippen LogP) is -7.57. The van der Waals surface area contributed by atoms with Crippen molar-refractivity contribution in [3.63, 3.8) is 0 Å². The van der Waals surface area contributed by atoms with Gasteiger partial charge in [-0.15, -0.1) is 0 Å². The molecular formula is C8H32Al2Na2O9. The van der Waals surface area contributed by atoms with E-state index in [-0.39, 0.29) is 152 Å². The Morgan fingerprint density at radius 1 is 0.857 bits per heavy atom. The first-order valence-corrected chi connectivity index (χ1v) is 1.75. The van der Waals surface area contributed by atoms with E-state index in [4.69, 9.17) is 23.4 Å². The summed E-state index contributed by atoms with van der Waals surface area (Å²) in [5.74, 6) is 0. The molecule has 0 aromatic heterocycles. The van der Waals surface area contributed by atoms with E-state index in [1.165, 1.54) is 16.2 Å². The average Bonchev–Trinajstić information content (AvgIpc) is 1.94. The molecule has 0 aromatic rings. The van der Waals surface area contributed by atoms with E-state index in [0.29, 0.717) is 0 Å². The molecule has 0 saturated heterocycles. The Kier molecular flexibility index (Phi) is 3840. The fourth-order valence-electron chi connectivity index (χ4n) is 0. The van der Waals surface area contributed by atoms with Crippen molar-refractivity contribution in [3.05, 3.63) is 0 Å². The molecule has 0 fully saturated rings. The SMILES string of the molecule is C.C.C.C.C.C.O.O.O.O=C=O.O=CO[O-].[Al].[H-].[Na+].[Na+].[O]=[Al]. The number of hydrogen-bond acceptors (Lipinski definition) is 6. The Hall–Kier alpha value is 1.55. The minimum atomic E-state index is -0.181. The van der Waals surface area contributed by atoms with Crippen LogP contribution in [0, 0.1) is 0 Å². The fraction of sp³-hybridized carbons (Fsp3) is 0.750. The third kappa shape index (κ3) is 1260. The van der Waals surface area contributed by atoms with Gasteiger partial charge in [0.15, 0.2) is 0 Å². The third-order valence-corrected chi connectivity index (χ3v) is 0.0393. The maximum atomic E-state index is 8.64. The van der Waals surface area contributed by atoms with E-state index in [2.05, 4.69) is 4.89 Å². The third-order valence-electron chi connectivity index (χ3n) is 0.0393. The Bertz CT molecular complexity index is 106. The van der Waals surface area contributed by atoms with Gasteiger partial charge in [0.1, 0.15) is 0 Å². The topological polar surface area (TPSA) is 195 Å². The average molecular weight is 372 g/mol. The van der Waals surface area contributed by atoms with Crippen LogP contribution in [0.2, 0.25) is 0 Å². The van der Waals surface area contributed by atoms with Crippen molar-refractivity contribution >= 4 is 46.2 Å². The monoisotopic (exact) mass is 372 g/mol. The van der Waals surface area contributed by atoms with Crippen LogP contribution in [0.5, 0.6) is 0 Å². The summed E-state index contributed by atoms with van der Waals surface area (Å²) >= 11 is 1.17. The predicted molar refractivity (Wildman–Crippen MR) is 76.7 cm³/mol. The number of hydrogen-bond donors (Lipinski definition) is 0. The summed E-state index contributed by atoms with van der Waals surface area (Å²) in [6.45, 7) is -0.181. The van der Waals surface area contributed by atoms with Crippen molar-refractivity contribution in [2.24, 2.45) is 0 Å². The molecule has 13 heteroatoms. The van der Waals surface area contributed by atoms with Crippen molar-refractivity contribution in [2.75, 3.05) is 0 Å². The van der Waals surface area contributed by atoms with Crippen molar-refractivity contribution < 1.29 is 105 Å². The molecule has 4 radical (unpaired) electrons. The number of rotatable bonds is 1. The van der Waals surface area contributed by atoms with Crippen LogP contribution in [0.25, 0.3) is 0 Å².